The van der Waals surface area contributed by atoms with Gasteiger partial charge in [0.1, 0.15) is 5.75 Å². The van der Waals surface area contributed by atoms with E-state index in [2.05, 4.69) is 15.5 Å². The minimum Gasteiger partial charge on any atom is -0.495 e. The average Bonchev–Trinajstić information content (AvgIpc) is 3.24. The molecule has 1 aromatic heterocycles. The van der Waals surface area contributed by atoms with Gasteiger partial charge in [0.05, 0.1) is 39.9 Å². The molecular weight excluding hydrogens is 468 g/mol. The molecule has 0 aliphatic heterocycles. The zero-order valence-electron chi connectivity index (χ0n) is 19.0. The summed E-state index contributed by atoms with van der Waals surface area (Å²) in [6.45, 7) is 2.58. The summed E-state index contributed by atoms with van der Waals surface area (Å²) in [5, 5.41) is 12.5. The van der Waals surface area contributed by atoms with Crippen LogP contribution in [0.5, 0.6) is 23.0 Å². The van der Waals surface area contributed by atoms with Crippen molar-refractivity contribution >= 4 is 35.0 Å². The molecule has 2 aromatic carbocycles. The Morgan fingerprint density at radius 1 is 1.00 bits per heavy atom. The van der Waals surface area contributed by atoms with E-state index in [9.17, 15) is 4.79 Å². The van der Waals surface area contributed by atoms with Crippen LogP contribution in [-0.2, 0) is 11.3 Å². The lowest BCUT2D eigenvalue weighted by Gasteiger charge is -2.14. The molecule has 0 unspecified atom stereocenters. The quantitative estimate of drug-likeness (QED) is 0.416. The number of aromatic nitrogens is 3. The van der Waals surface area contributed by atoms with Crippen LogP contribution in [0.1, 0.15) is 6.92 Å². The van der Waals surface area contributed by atoms with Crippen molar-refractivity contribution in [3.8, 4) is 34.4 Å². The molecule has 1 amide bonds. The van der Waals surface area contributed by atoms with Crippen LogP contribution in [0.3, 0.4) is 0 Å². The Bertz CT molecular complexity index is 1110. The number of nitrogens with one attached hydrogen (secondary N) is 1. The van der Waals surface area contributed by atoms with E-state index in [1.54, 1.807) is 39.5 Å². The zero-order chi connectivity index (χ0) is 24.0. The highest BCUT2D eigenvalue weighted by Crippen LogP contribution is 2.41. The van der Waals surface area contributed by atoms with Crippen LogP contribution in [0.4, 0.5) is 5.69 Å². The van der Waals surface area contributed by atoms with E-state index in [1.807, 2.05) is 23.6 Å². The number of thioether (sulfide) groups is 1. The van der Waals surface area contributed by atoms with E-state index in [1.165, 1.54) is 18.9 Å². The molecule has 0 saturated carbocycles. The number of rotatable bonds is 10. The number of nitrogens with zero attached hydrogens (tertiary/aromatic N) is 3. The number of carbonyl (C=O) groups is 1. The summed E-state index contributed by atoms with van der Waals surface area (Å²) in [7, 11) is 6.19. The summed E-state index contributed by atoms with van der Waals surface area (Å²) >= 11 is 7.31. The molecule has 0 atom stereocenters. The van der Waals surface area contributed by atoms with E-state index >= 15 is 0 Å². The van der Waals surface area contributed by atoms with Gasteiger partial charge in [-0.25, -0.2) is 0 Å². The van der Waals surface area contributed by atoms with Crippen LogP contribution in [0.25, 0.3) is 11.4 Å². The number of halogens is 1. The fourth-order valence-electron chi connectivity index (χ4n) is 3.20. The molecule has 9 nitrogen and oxygen atoms in total. The van der Waals surface area contributed by atoms with Crippen LogP contribution >= 0.6 is 23.4 Å². The Kier molecular flexibility index (Phi) is 8.29. The van der Waals surface area contributed by atoms with Crippen molar-refractivity contribution in [1.29, 1.82) is 0 Å². The van der Waals surface area contributed by atoms with Gasteiger partial charge in [-0.3, -0.25) is 4.79 Å². The lowest BCUT2D eigenvalue weighted by molar-refractivity contribution is -0.113. The van der Waals surface area contributed by atoms with Gasteiger partial charge in [0.15, 0.2) is 22.5 Å². The highest BCUT2D eigenvalue weighted by Gasteiger charge is 2.20. The smallest absolute Gasteiger partial charge is 0.234 e. The van der Waals surface area contributed by atoms with E-state index in [0.717, 1.165) is 5.56 Å². The molecule has 0 fully saturated rings. The van der Waals surface area contributed by atoms with Crippen molar-refractivity contribution in [3.63, 3.8) is 0 Å². The first-order valence-corrected chi connectivity index (χ1v) is 11.3. The topological polar surface area (TPSA) is 96.7 Å². The first-order valence-electron chi connectivity index (χ1n) is 9.95. The van der Waals surface area contributed by atoms with Gasteiger partial charge in [-0.05, 0) is 37.3 Å². The van der Waals surface area contributed by atoms with E-state index in [-0.39, 0.29) is 11.7 Å². The van der Waals surface area contributed by atoms with E-state index < -0.39 is 0 Å². The average molecular weight is 493 g/mol. The number of ether oxygens (including phenoxy) is 4. The molecule has 11 heteroatoms. The maximum atomic E-state index is 12.5. The summed E-state index contributed by atoms with van der Waals surface area (Å²) < 4.78 is 23.5. The van der Waals surface area contributed by atoms with Crippen LogP contribution < -0.4 is 24.3 Å². The molecule has 0 bridgehead atoms. The summed E-state index contributed by atoms with van der Waals surface area (Å²) in [5.41, 5.74) is 1.25. The molecule has 1 N–H and O–H groups in total. The number of methoxy groups -OCH3 is 4. The summed E-state index contributed by atoms with van der Waals surface area (Å²) in [5.74, 6) is 2.58. The molecule has 1 heterocycles. The predicted molar refractivity (Wildman–Crippen MR) is 128 cm³/mol. The second-order valence-corrected chi connectivity index (χ2v) is 8.02. The van der Waals surface area contributed by atoms with Gasteiger partial charge in [0, 0.05) is 17.1 Å². The minimum absolute atomic E-state index is 0.128. The van der Waals surface area contributed by atoms with Gasteiger partial charge >= 0.3 is 0 Å². The fourth-order valence-corrected chi connectivity index (χ4v) is 4.17. The molecule has 176 valence electrons. The van der Waals surface area contributed by atoms with Crippen LogP contribution in [0, 0.1) is 0 Å². The Morgan fingerprint density at radius 3 is 2.24 bits per heavy atom. The van der Waals surface area contributed by atoms with Crippen LogP contribution in [0.2, 0.25) is 5.02 Å². The van der Waals surface area contributed by atoms with Crippen molar-refractivity contribution in [2.24, 2.45) is 0 Å². The van der Waals surface area contributed by atoms with Crippen molar-refractivity contribution in [3.05, 3.63) is 35.4 Å². The largest absolute Gasteiger partial charge is 0.495 e. The van der Waals surface area contributed by atoms with Crippen molar-refractivity contribution in [2.45, 2.75) is 18.6 Å². The molecule has 0 saturated heterocycles. The summed E-state index contributed by atoms with van der Waals surface area (Å²) in [6, 6.07) is 8.65. The molecule has 0 aliphatic carbocycles. The first kappa shape index (κ1) is 24.5. The van der Waals surface area contributed by atoms with Crippen LogP contribution in [-0.4, -0.2) is 54.9 Å². The normalized spacial score (nSPS) is 10.6. The number of anilines is 1. The monoisotopic (exact) mass is 492 g/mol. The maximum absolute atomic E-state index is 12.5. The number of carbonyl (C=O) groups excluding carboxylic acids is 1. The van der Waals surface area contributed by atoms with Gasteiger partial charge in [0.25, 0.3) is 0 Å². The van der Waals surface area contributed by atoms with Gasteiger partial charge < -0.3 is 28.8 Å². The third-order valence-electron chi connectivity index (χ3n) is 4.72. The van der Waals surface area contributed by atoms with Crippen molar-refractivity contribution in [1.82, 2.24) is 14.8 Å². The number of hydrogen-bond donors (Lipinski definition) is 1. The van der Waals surface area contributed by atoms with Gasteiger partial charge in [-0.1, -0.05) is 23.4 Å². The molecule has 33 heavy (non-hydrogen) atoms. The fraction of sp³-hybridized carbons (Fsp3) is 0.318. The number of hydrogen-bond acceptors (Lipinski definition) is 8. The standard InChI is InChI=1S/C22H25ClN4O5S/c1-6-27-21(13-9-17(30-3)20(32-5)18(10-13)31-4)25-26-22(27)33-12-19(28)24-15-11-14(23)7-8-16(15)29-2/h7-11H,6,12H2,1-5H3,(H,24,28). The summed E-state index contributed by atoms with van der Waals surface area (Å²) in [4.78, 5) is 12.5. The van der Waals surface area contributed by atoms with E-state index in [4.69, 9.17) is 30.5 Å². The SMILES string of the molecule is CCn1c(SCC(=O)Nc2cc(Cl)ccc2OC)nnc1-c1cc(OC)c(OC)c(OC)c1. The van der Waals surface area contributed by atoms with Gasteiger partial charge in [0.2, 0.25) is 11.7 Å². The summed E-state index contributed by atoms with van der Waals surface area (Å²) in [6.07, 6.45) is 0. The van der Waals surface area contributed by atoms with Gasteiger partial charge in [-0.15, -0.1) is 10.2 Å². The minimum atomic E-state index is -0.222. The number of benzene rings is 2. The first-order chi connectivity index (χ1) is 15.9. The highest BCUT2D eigenvalue weighted by molar-refractivity contribution is 7.99. The molecule has 0 radical (unpaired) electrons. The van der Waals surface area contributed by atoms with Crippen LogP contribution in [0.15, 0.2) is 35.5 Å². The third kappa shape index (κ3) is 5.45. The molecule has 0 aliphatic rings. The predicted octanol–water partition coefficient (Wildman–Crippen LogP) is 4.38. The Hall–Kier alpha value is -3.11. The molecule has 0 spiro atoms. The molecular formula is C22H25ClN4O5S. The highest BCUT2D eigenvalue weighted by atomic mass is 35.5. The second kappa shape index (κ2) is 11.2. The lowest BCUT2D eigenvalue weighted by atomic mass is 10.1. The van der Waals surface area contributed by atoms with E-state index in [0.29, 0.717) is 51.2 Å². The molecule has 3 rings (SSSR count). The van der Waals surface area contributed by atoms with Gasteiger partial charge in [-0.2, -0.15) is 0 Å². The Balaban J connectivity index is 1.81. The second-order valence-electron chi connectivity index (χ2n) is 6.65. The maximum Gasteiger partial charge on any atom is 0.234 e. The molecule has 3 aromatic rings. The Morgan fingerprint density at radius 2 is 1.67 bits per heavy atom. The number of amides is 1. The third-order valence-corrected chi connectivity index (χ3v) is 5.93. The Labute approximate surface area is 201 Å². The lowest BCUT2D eigenvalue weighted by Crippen LogP contribution is -2.15. The zero-order valence-corrected chi connectivity index (χ0v) is 20.5. The van der Waals surface area contributed by atoms with Crippen molar-refractivity contribution < 1.29 is 23.7 Å². The van der Waals surface area contributed by atoms with Crippen molar-refractivity contribution in [2.75, 3.05) is 39.5 Å².